The summed E-state index contributed by atoms with van der Waals surface area (Å²) >= 11 is 0. The van der Waals surface area contributed by atoms with Gasteiger partial charge in [0.15, 0.2) is 0 Å². The zero-order valence-corrected chi connectivity index (χ0v) is 66.4. The number of aromatic nitrogens is 2. The molecule has 0 N–H and O–H groups in total. The fourth-order valence-corrected chi connectivity index (χ4v) is 20.3. The van der Waals surface area contributed by atoms with Crippen molar-refractivity contribution in [2.75, 3.05) is 9.80 Å². The molecule has 20 aromatic rings. The summed E-state index contributed by atoms with van der Waals surface area (Å²) in [6.07, 6.45) is 0. The second-order valence-electron chi connectivity index (χ2n) is 33.5. The Bertz CT molecular complexity index is 7310. The van der Waals surface area contributed by atoms with Gasteiger partial charge in [-0.3, -0.25) is 0 Å². The lowest BCUT2D eigenvalue weighted by atomic mass is 9.82. The fraction of sp³-hybridized carbons (Fsp3) is 0.0796. The van der Waals surface area contributed by atoms with Gasteiger partial charge >= 0.3 is 0 Å². The van der Waals surface area contributed by atoms with Crippen LogP contribution in [0.2, 0.25) is 0 Å². The highest BCUT2D eigenvalue weighted by Gasteiger charge is 2.40. The summed E-state index contributed by atoms with van der Waals surface area (Å²) in [6, 6.07) is 148. The quantitative estimate of drug-likeness (QED) is 0.128. The SMILES string of the molecule is CC1(C)c2ccccc2-c2ccc(N(c3ccc4c(c3)C(C)(C)c3ccccc3-4)c3ccc(-c4ccc5c(c4)c4ccccc4n5-c4ccccc4)c4ccccc34)cc21.CC1(C)c2ccccc2-c2ccc(N(c3cccc(-c4ccccc4)c3)c3ccc(-c4ccc5c(c4)c4ccccc4n5-c4ccccc4)c4ccccc34)cc21. The Morgan fingerprint density at radius 2 is 0.487 bits per heavy atom. The highest BCUT2D eigenvalue weighted by molar-refractivity contribution is 6.15. The molecule has 0 atom stereocenters. The molecule has 0 fully saturated rings. The molecule has 4 nitrogen and oxygen atoms in total. The monoisotopic (exact) mass is 1500 g/mol. The van der Waals surface area contributed by atoms with Gasteiger partial charge in [-0.25, -0.2) is 0 Å². The van der Waals surface area contributed by atoms with Crippen LogP contribution in [0.25, 0.3) is 143 Å². The summed E-state index contributed by atoms with van der Waals surface area (Å²) < 4.78 is 4.77. The maximum absolute atomic E-state index is 2.52. The Morgan fingerprint density at radius 3 is 0.897 bits per heavy atom. The van der Waals surface area contributed by atoms with Crippen molar-refractivity contribution in [2.24, 2.45) is 0 Å². The Kier molecular flexibility index (Phi) is 16.0. The first-order chi connectivity index (χ1) is 57.3. The molecule has 0 spiro atoms. The molecule has 0 unspecified atom stereocenters. The molecule has 4 heteroatoms. The van der Waals surface area contributed by atoms with Crippen molar-refractivity contribution in [2.45, 2.75) is 57.8 Å². The second-order valence-corrected chi connectivity index (χ2v) is 33.5. The summed E-state index contributed by atoms with van der Waals surface area (Å²) in [5, 5.41) is 9.89. The number of benzene rings is 18. The van der Waals surface area contributed by atoms with Crippen molar-refractivity contribution in [3.63, 3.8) is 0 Å². The molecule has 18 aromatic carbocycles. The average molecular weight is 1500 g/mol. The lowest BCUT2D eigenvalue weighted by Gasteiger charge is -2.31. The van der Waals surface area contributed by atoms with Crippen molar-refractivity contribution in [3.05, 3.63) is 434 Å². The van der Waals surface area contributed by atoms with Crippen LogP contribution in [-0.2, 0) is 16.2 Å². The summed E-state index contributed by atoms with van der Waals surface area (Å²) in [7, 11) is 0. The van der Waals surface area contributed by atoms with Gasteiger partial charge in [0, 0.05) is 82.7 Å². The van der Waals surface area contributed by atoms with E-state index in [1.165, 1.54) is 177 Å². The van der Waals surface area contributed by atoms with Crippen LogP contribution < -0.4 is 9.80 Å². The van der Waals surface area contributed by atoms with E-state index in [4.69, 9.17) is 0 Å². The number of nitrogens with zero attached hydrogens (tertiary/aromatic N) is 4. The van der Waals surface area contributed by atoms with Crippen LogP contribution in [0.1, 0.15) is 74.9 Å². The number of rotatable bonds is 11. The van der Waals surface area contributed by atoms with Crippen molar-refractivity contribution in [1.29, 1.82) is 0 Å². The van der Waals surface area contributed by atoms with Gasteiger partial charge in [0.1, 0.15) is 0 Å². The van der Waals surface area contributed by atoms with Crippen LogP contribution in [0.5, 0.6) is 0 Å². The first-order valence-corrected chi connectivity index (χ1v) is 41.0. The summed E-state index contributed by atoms with van der Waals surface area (Å²) in [6.45, 7) is 14.2. The molecule has 3 aliphatic rings. The van der Waals surface area contributed by atoms with Crippen LogP contribution in [0, 0.1) is 0 Å². The van der Waals surface area contributed by atoms with Crippen LogP contribution in [0.15, 0.2) is 400 Å². The molecule has 0 radical (unpaired) electrons. The number of hydrogen-bond donors (Lipinski definition) is 0. The molecule has 0 amide bonds. The van der Waals surface area contributed by atoms with E-state index in [2.05, 4.69) is 461 Å². The van der Waals surface area contributed by atoms with Gasteiger partial charge in [-0.2, -0.15) is 0 Å². The zero-order chi connectivity index (χ0) is 78.4. The number of anilines is 6. The van der Waals surface area contributed by atoms with Crippen molar-refractivity contribution in [1.82, 2.24) is 9.13 Å². The van der Waals surface area contributed by atoms with Gasteiger partial charge in [0.2, 0.25) is 0 Å². The molecular weight excluding hydrogens is 1410 g/mol. The maximum Gasteiger partial charge on any atom is 0.0541 e. The topological polar surface area (TPSA) is 16.3 Å². The molecule has 3 aliphatic carbocycles. The minimum absolute atomic E-state index is 0.117. The van der Waals surface area contributed by atoms with Gasteiger partial charge < -0.3 is 18.9 Å². The van der Waals surface area contributed by atoms with Crippen molar-refractivity contribution in [3.8, 4) is 78.1 Å². The molecule has 0 saturated heterocycles. The normalized spacial score (nSPS) is 13.6. The molecular formula is C113H84N4. The predicted molar refractivity (Wildman–Crippen MR) is 495 cm³/mol. The smallest absolute Gasteiger partial charge is 0.0541 e. The largest absolute Gasteiger partial charge is 0.310 e. The summed E-state index contributed by atoms with van der Waals surface area (Å²) in [5.41, 5.74) is 37.2. The maximum atomic E-state index is 2.52. The minimum Gasteiger partial charge on any atom is -0.310 e. The summed E-state index contributed by atoms with van der Waals surface area (Å²) in [4.78, 5) is 4.98. The molecule has 23 rings (SSSR count). The first kappa shape index (κ1) is 69.4. The number of fused-ring (bicyclic) bond motifs is 17. The molecule has 0 aliphatic heterocycles. The van der Waals surface area contributed by atoms with E-state index in [0.29, 0.717) is 0 Å². The standard InChI is InChI=1S/C58H44N2.C55H40N2/c1-57(2)50-23-13-10-19-43(50)45-29-27-39(35-52(45)57)59(40-28-30-46-44-20-11-14-24-51(44)58(3,4)53(46)36-40)55-33-31-41(42-18-8-9-21-47(42)55)37-26-32-56-49(34-37)48-22-12-15-25-54(48)60(56)38-16-6-5-7-17-38;1-55(2)50-26-13-11-23-45(50)46-30-29-42(36-51(46)55)56(41-21-15-18-38(34-41)37-16-5-3-6-17-37)53-33-31-43(44-22-9-10-24-47(44)53)39-28-32-54-49(35-39)48-25-12-14-27-52(48)57(54)40-19-7-4-8-20-40/h5-36H,1-4H3;3-36H,1-2H3. The van der Waals surface area contributed by atoms with Gasteiger partial charge in [0.25, 0.3) is 0 Å². The highest BCUT2D eigenvalue weighted by atomic mass is 15.2. The third kappa shape index (κ3) is 11.0. The third-order valence-corrected chi connectivity index (χ3v) is 26.0. The van der Waals surface area contributed by atoms with Crippen LogP contribution in [-0.4, -0.2) is 9.13 Å². The van der Waals surface area contributed by atoms with E-state index in [0.717, 1.165) is 34.1 Å². The van der Waals surface area contributed by atoms with Gasteiger partial charge in [0.05, 0.1) is 33.4 Å². The lowest BCUT2D eigenvalue weighted by Crippen LogP contribution is -2.18. The minimum atomic E-state index is -0.122. The molecule has 2 aromatic heterocycles. The van der Waals surface area contributed by atoms with Gasteiger partial charge in [-0.15, -0.1) is 0 Å². The Morgan fingerprint density at radius 1 is 0.179 bits per heavy atom. The third-order valence-electron chi connectivity index (χ3n) is 26.0. The number of para-hydroxylation sites is 4. The fourth-order valence-electron chi connectivity index (χ4n) is 20.3. The van der Waals surface area contributed by atoms with E-state index in [1.807, 2.05) is 0 Å². The van der Waals surface area contributed by atoms with Gasteiger partial charge in [-0.05, 0) is 232 Å². The molecule has 0 saturated carbocycles. The molecule has 2 heterocycles. The van der Waals surface area contributed by atoms with E-state index in [-0.39, 0.29) is 16.2 Å². The highest BCUT2D eigenvalue weighted by Crippen LogP contribution is 2.56. The second kappa shape index (κ2) is 26.9. The molecule has 556 valence electrons. The lowest BCUT2D eigenvalue weighted by molar-refractivity contribution is 0.660. The predicted octanol–water partition coefficient (Wildman–Crippen LogP) is 30.7. The van der Waals surface area contributed by atoms with Crippen LogP contribution >= 0.6 is 0 Å². The van der Waals surface area contributed by atoms with E-state index >= 15 is 0 Å². The molecule has 0 bridgehead atoms. The van der Waals surface area contributed by atoms with E-state index in [1.54, 1.807) is 0 Å². The molecule has 117 heavy (non-hydrogen) atoms. The van der Waals surface area contributed by atoms with Gasteiger partial charge in [-0.1, -0.05) is 321 Å². The Hall–Kier alpha value is -14.3. The van der Waals surface area contributed by atoms with E-state index < -0.39 is 0 Å². The van der Waals surface area contributed by atoms with Crippen molar-refractivity contribution < 1.29 is 0 Å². The average Bonchev–Trinajstić information content (AvgIpc) is 1.63. The Balaban J connectivity index is 0.000000142. The number of hydrogen-bond acceptors (Lipinski definition) is 2. The van der Waals surface area contributed by atoms with Crippen molar-refractivity contribution >= 4 is 99.3 Å². The van der Waals surface area contributed by atoms with Crippen LogP contribution in [0.4, 0.5) is 34.1 Å². The zero-order valence-electron chi connectivity index (χ0n) is 66.4. The van der Waals surface area contributed by atoms with E-state index in [9.17, 15) is 0 Å². The summed E-state index contributed by atoms with van der Waals surface area (Å²) in [5.74, 6) is 0. The first-order valence-electron chi connectivity index (χ1n) is 41.0. The van der Waals surface area contributed by atoms with Crippen LogP contribution in [0.3, 0.4) is 0 Å². The Labute approximate surface area is 683 Å².